The summed E-state index contributed by atoms with van der Waals surface area (Å²) in [5.74, 6) is 0. The van der Waals surface area contributed by atoms with Crippen LogP contribution in [0.1, 0.15) is 59.5 Å². The van der Waals surface area contributed by atoms with Crippen molar-refractivity contribution in [2.45, 2.75) is 57.0 Å². The summed E-state index contributed by atoms with van der Waals surface area (Å²) in [7, 11) is 0. The van der Waals surface area contributed by atoms with Crippen LogP contribution in [0.15, 0.2) is 36.4 Å². The largest absolute Gasteiger partial charge is 0.399 e. The minimum absolute atomic E-state index is 0.115. The number of nitriles is 1. The molecule has 2 unspecified atom stereocenters. The van der Waals surface area contributed by atoms with Gasteiger partial charge in [0.2, 0.25) is 0 Å². The van der Waals surface area contributed by atoms with E-state index in [4.69, 9.17) is 16.7 Å². The number of nitrogens with zero attached hydrogens (tertiary/aromatic N) is 2. The van der Waals surface area contributed by atoms with Crippen molar-refractivity contribution in [1.82, 2.24) is 4.90 Å². The lowest BCUT2D eigenvalue weighted by Crippen LogP contribution is -2.49. The molecule has 4 heteroatoms. The predicted octanol–water partition coefficient (Wildman–Crippen LogP) is 3.73. The highest BCUT2D eigenvalue weighted by atomic mass is 15.2. The summed E-state index contributed by atoms with van der Waals surface area (Å²) in [6.45, 7) is 2.35. The van der Waals surface area contributed by atoms with Gasteiger partial charge in [0.1, 0.15) is 0 Å². The molecule has 4 nitrogen and oxygen atoms in total. The summed E-state index contributed by atoms with van der Waals surface area (Å²) in [6, 6.07) is 15.6. The number of hydrogen-bond acceptors (Lipinski definition) is 4. The molecule has 0 amide bonds. The van der Waals surface area contributed by atoms with E-state index < -0.39 is 0 Å². The molecule has 0 saturated carbocycles. The van der Waals surface area contributed by atoms with Gasteiger partial charge in [0.15, 0.2) is 0 Å². The van der Waals surface area contributed by atoms with E-state index in [9.17, 15) is 0 Å². The molecular formula is C25H30N4. The number of hydrogen-bond donors (Lipinski definition) is 2. The Morgan fingerprint density at radius 2 is 1.83 bits per heavy atom. The van der Waals surface area contributed by atoms with E-state index in [1.807, 2.05) is 12.1 Å². The highest BCUT2D eigenvalue weighted by Crippen LogP contribution is 2.47. The number of nitrogen functional groups attached to an aromatic ring is 1. The van der Waals surface area contributed by atoms with Crippen molar-refractivity contribution >= 4 is 5.69 Å². The van der Waals surface area contributed by atoms with Gasteiger partial charge in [-0.15, -0.1) is 0 Å². The summed E-state index contributed by atoms with van der Waals surface area (Å²) >= 11 is 0. The number of benzene rings is 2. The van der Waals surface area contributed by atoms with Crippen LogP contribution in [0.3, 0.4) is 0 Å². The van der Waals surface area contributed by atoms with Crippen molar-refractivity contribution in [1.29, 1.82) is 5.26 Å². The molecule has 2 atom stereocenters. The fourth-order valence-electron chi connectivity index (χ4n) is 6.03. The van der Waals surface area contributed by atoms with Crippen LogP contribution >= 0.6 is 0 Å². The van der Waals surface area contributed by atoms with Crippen LogP contribution in [0.4, 0.5) is 5.69 Å². The molecule has 2 aromatic rings. The molecule has 29 heavy (non-hydrogen) atoms. The van der Waals surface area contributed by atoms with Crippen LogP contribution in [-0.2, 0) is 19.3 Å². The normalized spacial score (nSPS) is 25.8. The maximum atomic E-state index is 9.14. The summed E-state index contributed by atoms with van der Waals surface area (Å²) in [4.78, 5) is 2.72. The average Bonchev–Trinajstić information content (AvgIpc) is 2.74. The summed E-state index contributed by atoms with van der Waals surface area (Å²) in [6.07, 6.45) is 8.13. The first-order valence-electron chi connectivity index (χ1n) is 11.0. The van der Waals surface area contributed by atoms with E-state index in [0.717, 1.165) is 36.9 Å². The van der Waals surface area contributed by atoms with Crippen LogP contribution in [0, 0.1) is 16.7 Å². The van der Waals surface area contributed by atoms with Gasteiger partial charge in [0.25, 0.3) is 0 Å². The summed E-state index contributed by atoms with van der Waals surface area (Å²) < 4.78 is 0. The van der Waals surface area contributed by atoms with E-state index in [2.05, 4.69) is 35.2 Å². The standard InChI is InChI=1S/C25H30N4/c26-16-17-1-2-19-12-22(6-4-18(19)11-17)29-9-7-25(8-10-29)14-20-3-5-21(27)13-23(20)24(28)15-25/h1-3,5,11,13,22,24H,4,6-10,12,14-15,27-28H2. The van der Waals surface area contributed by atoms with Gasteiger partial charge in [-0.25, -0.2) is 0 Å². The molecule has 1 aliphatic heterocycles. The molecule has 0 radical (unpaired) electrons. The zero-order valence-corrected chi connectivity index (χ0v) is 17.0. The Hall–Kier alpha value is -2.35. The number of piperidine rings is 1. The fraction of sp³-hybridized carbons (Fsp3) is 0.480. The van der Waals surface area contributed by atoms with E-state index in [1.54, 1.807) is 0 Å². The summed E-state index contributed by atoms with van der Waals surface area (Å²) in [5.41, 5.74) is 20.0. The smallest absolute Gasteiger partial charge is 0.0991 e. The fourth-order valence-corrected chi connectivity index (χ4v) is 6.03. The van der Waals surface area contributed by atoms with Gasteiger partial charge >= 0.3 is 0 Å². The average molecular weight is 387 g/mol. The first-order valence-corrected chi connectivity index (χ1v) is 11.0. The number of fused-ring (bicyclic) bond motifs is 2. The molecular weight excluding hydrogens is 356 g/mol. The SMILES string of the molecule is N#Cc1ccc2c(c1)CCC(N1CCC3(CC1)Cc1ccc(N)cc1C(N)C3)C2. The van der Waals surface area contributed by atoms with Crippen LogP contribution < -0.4 is 11.5 Å². The second-order valence-corrected chi connectivity index (χ2v) is 9.47. The van der Waals surface area contributed by atoms with Crippen LogP contribution in [0.2, 0.25) is 0 Å². The first kappa shape index (κ1) is 18.7. The van der Waals surface area contributed by atoms with Crippen molar-refractivity contribution in [2.24, 2.45) is 11.1 Å². The zero-order chi connectivity index (χ0) is 20.0. The monoisotopic (exact) mass is 386 g/mol. The quantitative estimate of drug-likeness (QED) is 0.732. The highest BCUT2D eigenvalue weighted by molar-refractivity contribution is 5.47. The third-order valence-corrected chi connectivity index (χ3v) is 7.70. The second kappa shape index (κ2) is 7.16. The molecule has 1 heterocycles. The van der Waals surface area contributed by atoms with Crippen molar-refractivity contribution in [3.8, 4) is 6.07 Å². The van der Waals surface area contributed by atoms with E-state index in [1.165, 1.54) is 54.6 Å². The van der Waals surface area contributed by atoms with Gasteiger partial charge in [0, 0.05) is 17.8 Å². The molecule has 0 bridgehead atoms. The molecule has 1 fully saturated rings. The van der Waals surface area contributed by atoms with Crippen LogP contribution in [0.25, 0.3) is 0 Å². The van der Waals surface area contributed by atoms with Gasteiger partial charge in [0.05, 0.1) is 11.6 Å². The number of anilines is 1. The maximum Gasteiger partial charge on any atom is 0.0991 e. The minimum Gasteiger partial charge on any atom is -0.399 e. The van der Waals surface area contributed by atoms with Crippen LogP contribution in [0.5, 0.6) is 0 Å². The summed E-state index contributed by atoms with van der Waals surface area (Å²) in [5, 5.41) is 9.14. The Morgan fingerprint density at radius 3 is 2.62 bits per heavy atom. The van der Waals surface area contributed by atoms with Crippen molar-refractivity contribution in [3.63, 3.8) is 0 Å². The number of rotatable bonds is 1. The van der Waals surface area contributed by atoms with Gasteiger partial charge in [-0.3, -0.25) is 0 Å². The molecule has 4 N–H and O–H groups in total. The molecule has 0 aromatic heterocycles. The third-order valence-electron chi connectivity index (χ3n) is 7.70. The molecule has 2 aliphatic carbocycles. The number of nitrogens with two attached hydrogens (primary N) is 2. The third kappa shape index (κ3) is 3.43. The Balaban J connectivity index is 1.26. The Bertz CT molecular complexity index is 965. The number of likely N-dealkylation sites (tertiary alicyclic amines) is 1. The van der Waals surface area contributed by atoms with Crippen molar-refractivity contribution < 1.29 is 0 Å². The highest BCUT2D eigenvalue weighted by Gasteiger charge is 2.41. The molecule has 1 saturated heterocycles. The lowest BCUT2D eigenvalue weighted by atomic mass is 9.64. The lowest BCUT2D eigenvalue weighted by Gasteiger charge is -2.49. The van der Waals surface area contributed by atoms with E-state index in [-0.39, 0.29) is 6.04 Å². The predicted molar refractivity (Wildman–Crippen MR) is 116 cm³/mol. The Morgan fingerprint density at radius 1 is 1.03 bits per heavy atom. The zero-order valence-electron chi connectivity index (χ0n) is 17.0. The maximum absolute atomic E-state index is 9.14. The number of aryl methyl sites for hydroxylation is 1. The first-order chi connectivity index (χ1) is 14.0. The van der Waals surface area contributed by atoms with Crippen molar-refractivity contribution in [2.75, 3.05) is 18.8 Å². The topological polar surface area (TPSA) is 79.1 Å². The van der Waals surface area contributed by atoms with Crippen molar-refractivity contribution in [3.05, 3.63) is 64.2 Å². The van der Waals surface area contributed by atoms with Crippen LogP contribution in [-0.4, -0.2) is 24.0 Å². The van der Waals surface area contributed by atoms with Gasteiger partial charge in [-0.1, -0.05) is 12.1 Å². The van der Waals surface area contributed by atoms with Gasteiger partial charge in [-0.05, 0) is 110 Å². The van der Waals surface area contributed by atoms with Gasteiger partial charge < -0.3 is 16.4 Å². The second-order valence-electron chi connectivity index (χ2n) is 9.47. The molecule has 2 aromatic carbocycles. The molecule has 150 valence electrons. The van der Waals surface area contributed by atoms with Gasteiger partial charge in [-0.2, -0.15) is 5.26 Å². The Kier molecular flexibility index (Phi) is 4.61. The minimum atomic E-state index is 0.115. The van der Waals surface area contributed by atoms with E-state index in [0.29, 0.717) is 11.5 Å². The molecule has 3 aliphatic rings. The Labute approximate surface area is 173 Å². The van der Waals surface area contributed by atoms with E-state index >= 15 is 0 Å². The molecule has 5 rings (SSSR count). The molecule has 1 spiro atoms. The lowest BCUT2D eigenvalue weighted by molar-refractivity contribution is 0.0516.